The number of pyridine rings is 1. The maximum absolute atomic E-state index is 14.4. The van der Waals surface area contributed by atoms with Gasteiger partial charge in [0.2, 0.25) is 0 Å². The summed E-state index contributed by atoms with van der Waals surface area (Å²) in [5.41, 5.74) is -0.120. The smallest absolute Gasteiger partial charge is 0.410 e. The van der Waals surface area contributed by atoms with Gasteiger partial charge in [-0.2, -0.15) is 5.26 Å². The molecule has 9 heteroatoms. The maximum atomic E-state index is 14.4. The summed E-state index contributed by atoms with van der Waals surface area (Å²) in [6.45, 7) is 6.53. The Morgan fingerprint density at radius 1 is 1.29 bits per heavy atom. The summed E-state index contributed by atoms with van der Waals surface area (Å²) < 4.78 is 27.6. The zero-order chi connectivity index (χ0) is 22.8. The van der Waals surface area contributed by atoms with Gasteiger partial charge in [-0.1, -0.05) is 23.8 Å². The topological polar surface area (TPSA) is 67.5 Å². The van der Waals surface area contributed by atoms with Crippen molar-refractivity contribution in [1.29, 1.82) is 5.26 Å². The van der Waals surface area contributed by atoms with Gasteiger partial charge in [-0.15, -0.1) is 0 Å². The molecule has 0 spiro atoms. The summed E-state index contributed by atoms with van der Waals surface area (Å²) in [7, 11) is 0. The lowest BCUT2D eigenvalue weighted by Gasteiger charge is -2.33. The number of likely N-dealkylation sites (tertiary alicyclic amines) is 1. The average Bonchev–Trinajstić information content (AvgIpc) is 2.70. The normalized spacial score (nSPS) is 14.8. The molecule has 0 unspecified atom stereocenters. The first kappa shape index (κ1) is 23.0. The number of hydrogen-bond acceptors (Lipinski definition) is 5. The van der Waals surface area contributed by atoms with Gasteiger partial charge in [0.1, 0.15) is 27.9 Å². The summed E-state index contributed by atoms with van der Waals surface area (Å²) >= 11 is 11.8. The third kappa shape index (κ3) is 5.75. The van der Waals surface area contributed by atoms with Crippen LogP contribution in [-0.2, 0) is 4.74 Å². The Balaban J connectivity index is 1.69. The molecule has 2 aromatic rings. The van der Waals surface area contributed by atoms with E-state index in [1.54, 1.807) is 11.0 Å². The van der Waals surface area contributed by atoms with Gasteiger partial charge in [-0.05, 0) is 39.0 Å². The van der Waals surface area contributed by atoms with Crippen LogP contribution in [0.4, 0.5) is 9.18 Å². The number of halogens is 2. The van der Waals surface area contributed by atoms with Crippen molar-refractivity contribution in [3.63, 3.8) is 0 Å². The van der Waals surface area contributed by atoms with Crippen molar-refractivity contribution >= 4 is 29.9 Å². The van der Waals surface area contributed by atoms with E-state index >= 15 is 0 Å². The van der Waals surface area contributed by atoms with Crippen LogP contribution < -0.4 is 4.74 Å². The molecule has 0 aliphatic carbocycles. The molecule has 6 nitrogen and oxygen atoms in total. The Kier molecular flexibility index (Phi) is 6.87. The SMILES string of the molecule is CC(C)(C)OC(=O)N1CCC(Oc2cc(=S)n(-c3ccc(C#N)cc3F)cc2Cl)CC1. The van der Waals surface area contributed by atoms with E-state index in [9.17, 15) is 9.18 Å². The number of aromatic nitrogens is 1. The number of nitriles is 1. The van der Waals surface area contributed by atoms with Gasteiger partial charge in [-0.25, -0.2) is 9.18 Å². The molecule has 2 heterocycles. The van der Waals surface area contributed by atoms with E-state index in [1.165, 1.54) is 22.9 Å². The van der Waals surface area contributed by atoms with Gasteiger partial charge < -0.3 is 18.9 Å². The van der Waals surface area contributed by atoms with Gasteiger partial charge in [0.25, 0.3) is 0 Å². The molecule has 31 heavy (non-hydrogen) atoms. The lowest BCUT2D eigenvalue weighted by atomic mass is 10.1. The number of nitrogens with zero attached hydrogens (tertiary/aromatic N) is 3. The van der Waals surface area contributed by atoms with E-state index in [4.69, 9.17) is 38.6 Å². The van der Waals surface area contributed by atoms with E-state index in [-0.39, 0.29) is 28.5 Å². The van der Waals surface area contributed by atoms with Gasteiger partial charge in [0.05, 0.1) is 22.3 Å². The largest absolute Gasteiger partial charge is 0.489 e. The number of amides is 1. The molecular weight excluding hydrogens is 441 g/mol. The Morgan fingerprint density at radius 2 is 1.97 bits per heavy atom. The lowest BCUT2D eigenvalue weighted by Crippen LogP contribution is -2.44. The number of benzene rings is 1. The number of carbonyl (C=O) groups excluding carboxylic acids is 1. The van der Waals surface area contributed by atoms with E-state index in [1.807, 2.05) is 26.8 Å². The zero-order valence-corrected chi connectivity index (χ0v) is 19.1. The van der Waals surface area contributed by atoms with Crippen molar-refractivity contribution < 1.29 is 18.7 Å². The maximum Gasteiger partial charge on any atom is 0.410 e. The molecule has 1 aromatic heterocycles. The average molecular weight is 464 g/mol. The fraction of sp³-hybridized carbons (Fsp3) is 0.409. The number of carbonyl (C=O) groups is 1. The van der Waals surface area contributed by atoms with Gasteiger partial charge in [0.15, 0.2) is 0 Å². The molecule has 1 fully saturated rings. The van der Waals surface area contributed by atoms with Crippen molar-refractivity contribution in [1.82, 2.24) is 9.47 Å². The molecule has 3 rings (SSSR count). The summed E-state index contributed by atoms with van der Waals surface area (Å²) in [5, 5.41) is 9.18. The Bertz CT molecular complexity index is 1080. The molecule has 0 saturated carbocycles. The molecule has 164 valence electrons. The predicted molar refractivity (Wildman–Crippen MR) is 118 cm³/mol. The van der Waals surface area contributed by atoms with E-state index in [0.29, 0.717) is 36.3 Å². The van der Waals surface area contributed by atoms with Crippen molar-refractivity contribution in [3.05, 3.63) is 51.5 Å². The predicted octanol–water partition coefficient (Wildman–Crippen LogP) is 5.65. The monoisotopic (exact) mass is 463 g/mol. The quantitative estimate of drug-likeness (QED) is 0.550. The first-order valence-corrected chi connectivity index (χ1v) is 10.6. The number of piperidine rings is 1. The first-order valence-electron chi connectivity index (χ1n) is 9.84. The second-order valence-electron chi connectivity index (χ2n) is 8.26. The summed E-state index contributed by atoms with van der Waals surface area (Å²) in [6, 6.07) is 7.61. The second kappa shape index (κ2) is 9.25. The molecule has 0 radical (unpaired) electrons. The Morgan fingerprint density at radius 3 is 2.55 bits per heavy atom. The summed E-state index contributed by atoms with van der Waals surface area (Å²) in [5.74, 6) is -0.165. The molecule has 0 N–H and O–H groups in total. The van der Waals surface area contributed by atoms with Crippen molar-refractivity contribution in [2.45, 2.75) is 45.3 Å². The van der Waals surface area contributed by atoms with Gasteiger partial charge in [-0.3, -0.25) is 0 Å². The highest BCUT2D eigenvalue weighted by atomic mass is 35.5. The number of hydrogen-bond donors (Lipinski definition) is 0. The third-order valence-corrected chi connectivity index (χ3v) is 5.29. The van der Waals surface area contributed by atoms with Crippen LogP contribution in [0.1, 0.15) is 39.2 Å². The Labute approximate surface area is 190 Å². The van der Waals surface area contributed by atoms with Crippen LogP contribution in [0.15, 0.2) is 30.5 Å². The molecule has 1 aliphatic rings. The highest BCUT2D eigenvalue weighted by molar-refractivity contribution is 7.71. The highest BCUT2D eigenvalue weighted by Crippen LogP contribution is 2.30. The van der Waals surface area contributed by atoms with Crippen molar-refractivity contribution in [3.8, 4) is 17.5 Å². The minimum atomic E-state index is -0.575. The zero-order valence-electron chi connectivity index (χ0n) is 17.5. The summed E-state index contributed by atoms with van der Waals surface area (Å²) in [4.78, 5) is 13.9. The van der Waals surface area contributed by atoms with Crippen LogP contribution in [0.25, 0.3) is 5.69 Å². The van der Waals surface area contributed by atoms with Crippen LogP contribution >= 0.6 is 23.8 Å². The van der Waals surface area contributed by atoms with Crippen molar-refractivity contribution in [2.24, 2.45) is 0 Å². The number of rotatable bonds is 3. The van der Waals surface area contributed by atoms with Crippen LogP contribution in [0.3, 0.4) is 0 Å². The minimum absolute atomic E-state index is 0.131. The Hall–Kier alpha value is -2.63. The third-order valence-electron chi connectivity index (χ3n) is 4.69. The van der Waals surface area contributed by atoms with Crippen LogP contribution in [0.5, 0.6) is 5.75 Å². The first-order chi connectivity index (χ1) is 14.6. The van der Waals surface area contributed by atoms with Crippen LogP contribution in [0, 0.1) is 21.8 Å². The molecule has 1 aromatic carbocycles. The molecule has 0 bridgehead atoms. The van der Waals surface area contributed by atoms with E-state index < -0.39 is 11.4 Å². The van der Waals surface area contributed by atoms with Crippen LogP contribution in [-0.4, -0.2) is 40.4 Å². The minimum Gasteiger partial charge on any atom is -0.489 e. The van der Waals surface area contributed by atoms with E-state index in [0.717, 1.165) is 6.07 Å². The highest BCUT2D eigenvalue weighted by Gasteiger charge is 2.28. The van der Waals surface area contributed by atoms with Crippen molar-refractivity contribution in [2.75, 3.05) is 13.1 Å². The fourth-order valence-electron chi connectivity index (χ4n) is 3.20. The lowest BCUT2D eigenvalue weighted by molar-refractivity contribution is 0.0126. The standard InChI is InChI=1S/C22H23ClFN3O3S/c1-22(2,3)30-21(28)26-8-6-15(7-9-26)29-19-11-20(31)27(13-16(19)23)18-5-4-14(12-25)10-17(18)24/h4-5,10-11,13,15H,6-9H2,1-3H3. The van der Waals surface area contributed by atoms with Crippen LogP contribution in [0.2, 0.25) is 5.02 Å². The molecule has 1 saturated heterocycles. The fourth-order valence-corrected chi connectivity index (χ4v) is 3.66. The molecule has 1 amide bonds. The molecule has 1 aliphatic heterocycles. The molecule has 0 atom stereocenters. The molecular formula is C22H23ClFN3O3S. The summed E-state index contributed by atoms with van der Waals surface area (Å²) in [6.07, 6.45) is 2.29. The van der Waals surface area contributed by atoms with Gasteiger partial charge >= 0.3 is 6.09 Å². The number of ether oxygens (including phenoxy) is 2. The second-order valence-corrected chi connectivity index (χ2v) is 9.08. The van der Waals surface area contributed by atoms with Gasteiger partial charge in [0, 0.05) is 38.2 Å². The van der Waals surface area contributed by atoms with E-state index in [2.05, 4.69) is 0 Å².